The van der Waals surface area contributed by atoms with E-state index in [1.165, 1.54) is 0 Å². The summed E-state index contributed by atoms with van der Waals surface area (Å²) in [4.78, 5) is 26.3. The Kier molecular flexibility index (Phi) is 6.60. The van der Waals surface area contributed by atoms with Gasteiger partial charge in [0, 0.05) is 14.9 Å². The van der Waals surface area contributed by atoms with E-state index in [4.69, 9.17) is 4.74 Å². The predicted molar refractivity (Wildman–Crippen MR) is 116 cm³/mol. The fourth-order valence-corrected chi connectivity index (χ4v) is 4.98. The third-order valence-electron chi connectivity index (χ3n) is 5.24. The molecule has 1 fully saturated rings. The lowest BCUT2D eigenvalue weighted by Gasteiger charge is -2.45. The highest BCUT2D eigenvalue weighted by atomic mass is 79.9. The number of ether oxygens (including phenoxy) is 1. The maximum atomic E-state index is 13.4. The van der Waals surface area contributed by atoms with E-state index in [9.17, 15) is 20.1 Å². The molecule has 6 nitrogen and oxygen atoms in total. The molecule has 1 heterocycles. The number of nitrogens with one attached hydrogen (secondary N) is 1. The first-order chi connectivity index (χ1) is 14.4. The number of hydrogen-bond acceptors (Lipinski definition) is 5. The van der Waals surface area contributed by atoms with Gasteiger partial charge in [0.05, 0.1) is 24.8 Å². The summed E-state index contributed by atoms with van der Waals surface area (Å²) in [5.41, 5.74) is -0.794. The lowest BCUT2D eigenvalue weighted by Crippen LogP contribution is -2.58. The molecule has 2 aromatic carbocycles. The van der Waals surface area contributed by atoms with Crippen molar-refractivity contribution in [2.45, 2.75) is 18.9 Å². The standard InChI is InChI=1S/C22H17Br2N3O3/c1-2-30-21(29)22(12-26)18(13-7-3-5-9-16(13)23)15(11-25)20(28)27-19(22)14-8-4-6-10-17(14)24/h3-10,15,18-19H,2H2,1H3,(H,27,28). The van der Waals surface area contributed by atoms with Crippen molar-refractivity contribution >= 4 is 43.7 Å². The largest absolute Gasteiger partial charge is 0.465 e. The molecule has 8 heteroatoms. The van der Waals surface area contributed by atoms with Crippen molar-refractivity contribution in [1.29, 1.82) is 10.5 Å². The molecule has 0 saturated carbocycles. The molecule has 0 radical (unpaired) electrons. The minimum Gasteiger partial charge on any atom is -0.465 e. The van der Waals surface area contributed by atoms with Gasteiger partial charge in [-0.05, 0) is 30.2 Å². The van der Waals surface area contributed by atoms with Crippen LogP contribution in [-0.2, 0) is 14.3 Å². The van der Waals surface area contributed by atoms with Gasteiger partial charge in [-0.1, -0.05) is 68.3 Å². The van der Waals surface area contributed by atoms with Crippen LogP contribution in [0.5, 0.6) is 0 Å². The molecule has 4 atom stereocenters. The molecular formula is C22H17Br2N3O3. The number of rotatable bonds is 4. The quantitative estimate of drug-likeness (QED) is 0.591. The SMILES string of the molecule is CCOC(=O)C1(C#N)C(c2ccccc2Br)NC(=O)C(C#N)C1c1ccccc1Br. The third-order valence-corrected chi connectivity index (χ3v) is 6.69. The summed E-state index contributed by atoms with van der Waals surface area (Å²) in [5.74, 6) is -3.64. The number of benzene rings is 2. The van der Waals surface area contributed by atoms with Gasteiger partial charge in [0.1, 0.15) is 5.92 Å². The molecule has 1 aliphatic rings. The number of hydrogen-bond donors (Lipinski definition) is 1. The molecule has 0 aromatic heterocycles. The van der Waals surface area contributed by atoms with E-state index in [-0.39, 0.29) is 6.61 Å². The third kappa shape index (κ3) is 3.51. The van der Waals surface area contributed by atoms with Crippen LogP contribution in [0.3, 0.4) is 0 Å². The highest BCUT2D eigenvalue weighted by molar-refractivity contribution is 9.10. The van der Waals surface area contributed by atoms with Gasteiger partial charge in [0.2, 0.25) is 5.91 Å². The summed E-state index contributed by atoms with van der Waals surface area (Å²) in [6.45, 7) is 1.70. The number of carbonyl (C=O) groups excluding carboxylic acids is 2. The molecule has 30 heavy (non-hydrogen) atoms. The van der Waals surface area contributed by atoms with Crippen molar-refractivity contribution < 1.29 is 14.3 Å². The summed E-state index contributed by atoms with van der Waals surface area (Å²) in [6, 6.07) is 17.1. The molecular weight excluding hydrogens is 514 g/mol. The number of piperidine rings is 1. The molecule has 0 aliphatic carbocycles. The number of esters is 1. The summed E-state index contributed by atoms with van der Waals surface area (Å²) in [7, 11) is 0. The molecule has 1 N–H and O–H groups in total. The Balaban J connectivity index is 2.37. The number of nitriles is 2. The number of carbonyl (C=O) groups is 2. The smallest absolute Gasteiger partial charge is 0.329 e. The lowest BCUT2D eigenvalue weighted by molar-refractivity contribution is -0.159. The van der Waals surface area contributed by atoms with Crippen LogP contribution < -0.4 is 5.32 Å². The van der Waals surface area contributed by atoms with E-state index in [0.29, 0.717) is 20.1 Å². The van der Waals surface area contributed by atoms with Crippen LogP contribution >= 0.6 is 31.9 Å². The first-order valence-corrected chi connectivity index (χ1v) is 10.8. The minimum atomic E-state index is -1.86. The maximum Gasteiger partial charge on any atom is 0.329 e. The second-order valence-corrected chi connectivity index (χ2v) is 8.48. The van der Waals surface area contributed by atoms with E-state index in [1.807, 2.05) is 6.07 Å². The Bertz CT molecular complexity index is 1080. The van der Waals surface area contributed by atoms with Crippen molar-refractivity contribution in [3.05, 3.63) is 68.6 Å². The Morgan fingerprint density at radius 3 is 2.17 bits per heavy atom. The molecule has 152 valence electrons. The van der Waals surface area contributed by atoms with Gasteiger partial charge >= 0.3 is 5.97 Å². The van der Waals surface area contributed by atoms with Crippen LogP contribution in [0, 0.1) is 34.0 Å². The van der Waals surface area contributed by atoms with Crippen LogP contribution in [0.25, 0.3) is 0 Å². The number of nitrogens with zero attached hydrogens (tertiary/aromatic N) is 2. The van der Waals surface area contributed by atoms with Gasteiger partial charge in [-0.3, -0.25) is 9.59 Å². The zero-order valence-corrected chi connectivity index (χ0v) is 19.1. The second-order valence-electron chi connectivity index (χ2n) is 6.77. The summed E-state index contributed by atoms with van der Waals surface area (Å²) < 4.78 is 6.56. The zero-order chi connectivity index (χ0) is 21.9. The van der Waals surface area contributed by atoms with Crippen LogP contribution in [0.1, 0.15) is 30.0 Å². The Morgan fingerprint density at radius 2 is 1.67 bits per heavy atom. The molecule has 3 rings (SSSR count). The topological polar surface area (TPSA) is 103 Å². The van der Waals surface area contributed by atoms with Crippen LogP contribution in [-0.4, -0.2) is 18.5 Å². The maximum absolute atomic E-state index is 13.4. The predicted octanol–water partition coefficient (Wildman–Crippen LogP) is 4.38. The van der Waals surface area contributed by atoms with E-state index < -0.39 is 35.2 Å². The average Bonchev–Trinajstić information content (AvgIpc) is 2.74. The lowest BCUT2D eigenvalue weighted by atomic mass is 9.59. The molecule has 2 aromatic rings. The fourth-order valence-electron chi connectivity index (χ4n) is 3.93. The van der Waals surface area contributed by atoms with Crippen LogP contribution in [0.4, 0.5) is 0 Å². The molecule has 0 spiro atoms. The van der Waals surface area contributed by atoms with Crippen molar-refractivity contribution in [2.24, 2.45) is 11.3 Å². The Hall–Kier alpha value is -2.68. The summed E-state index contributed by atoms with van der Waals surface area (Å²) >= 11 is 6.91. The molecule has 1 saturated heterocycles. The normalized spacial score (nSPS) is 25.5. The van der Waals surface area contributed by atoms with Gasteiger partial charge < -0.3 is 10.1 Å². The molecule has 4 unspecified atom stereocenters. The highest BCUT2D eigenvalue weighted by Gasteiger charge is 2.63. The van der Waals surface area contributed by atoms with E-state index in [0.717, 1.165) is 0 Å². The average molecular weight is 531 g/mol. The van der Waals surface area contributed by atoms with Crippen molar-refractivity contribution in [2.75, 3.05) is 6.61 Å². The molecule has 1 amide bonds. The van der Waals surface area contributed by atoms with Crippen molar-refractivity contribution in [3.8, 4) is 12.1 Å². The van der Waals surface area contributed by atoms with Gasteiger partial charge in [-0.2, -0.15) is 10.5 Å². The minimum absolute atomic E-state index is 0.0544. The molecule has 0 bridgehead atoms. The zero-order valence-electron chi connectivity index (χ0n) is 15.9. The van der Waals surface area contributed by atoms with Gasteiger partial charge in [-0.25, -0.2) is 0 Å². The molecule has 1 aliphatic heterocycles. The first kappa shape index (κ1) is 22.0. The van der Waals surface area contributed by atoms with Gasteiger partial charge in [-0.15, -0.1) is 0 Å². The van der Waals surface area contributed by atoms with E-state index in [1.54, 1.807) is 55.5 Å². The monoisotopic (exact) mass is 529 g/mol. The van der Waals surface area contributed by atoms with E-state index in [2.05, 4.69) is 43.2 Å². The number of halogens is 2. The second kappa shape index (κ2) is 8.99. The Labute approximate surface area is 191 Å². The van der Waals surface area contributed by atoms with Crippen molar-refractivity contribution in [1.82, 2.24) is 5.32 Å². The van der Waals surface area contributed by atoms with Gasteiger partial charge in [0.25, 0.3) is 0 Å². The summed E-state index contributed by atoms with van der Waals surface area (Å²) in [6.07, 6.45) is 0. The Morgan fingerprint density at radius 1 is 1.10 bits per heavy atom. The summed E-state index contributed by atoms with van der Waals surface area (Å²) in [5, 5.41) is 23.0. The first-order valence-electron chi connectivity index (χ1n) is 9.19. The van der Waals surface area contributed by atoms with Crippen LogP contribution in [0.2, 0.25) is 0 Å². The fraction of sp³-hybridized carbons (Fsp3) is 0.273. The highest BCUT2D eigenvalue weighted by Crippen LogP contribution is 2.55. The van der Waals surface area contributed by atoms with E-state index >= 15 is 0 Å². The van der Waals surface area contributed by atoms with Crippen LogP contribution in [0.15, 0.2) is 57.5 Å². The van der Waals surface area contributed by atoms with Crippen molar-refractivity contribution in [3.63, 3.8) is 0 Å². The number of amides is 1. The van der Waals surface area contributed by atoms with Gasteiger partial charge in [0.15, 0.2) is 5.41 Å².